The molecule has 2 heterocycles. The fourth-order valence-corrected chi connectivity index (χ4v) is 1.47. The Morgan fingerprint density at radius 2 is 2.27 bits per heavy atom. The van der Waals surface area contributed by atoms with Crippen LogP contribution in [0.3, 0.4) is 0 Å². The second-order valence-corrected chi connectivity index (χ2v) is 4.18. The first-order valence-corrected chi connectivity index (χ1v) is 4.89. The van der Waals surface area contributed by atoms with Crippen molar-refractivity contribution < 1.29 is 14.0 Å². The predicted molar refractivity (Wildman–Crippen MR) is 57.3 cm³/mol. The van der Waals surface area contributed by atoms with E-state index in [0.717, 1.165) is 5.46 Å². The number of hydrogen-bond acceptors (Lipinski definition) is 4. The van der Waals surface area contributed by atoms with Gasteiger partial charge in [-0.2, -0.15) is 0 Å². The van der Waals surface area contributed by atoms with Gasteiger partial charge in [-0.05, 0) is 19.9 Å². The Labute approximate surface area is 89.7 Å². The molecule has 4 nitrogen and oxygen atoms in total. The summed E-state index contributed by atoms with van der Waals surface area (Å²) in [6.07, 6.45) is 3.39. The number of aromatic nitrogens is 1. The maximum atomic E-state index is 5.72. The van der Waals surface area contributed by atoms with Gasteiger partial charge in [0, 0.05) is 11.7 Å². The lowest BCUT2D eigenvalue weighted by molar-refractivity contribution is 0.137. The quantitative estimate of drug-likeness (QED) is 0.666. The zero-order valence-corrected chi connectivity index (χ0v) is 9.19. The van der Waals surface area contributed by atoms with Crippen LogP contribution in [0.5, 0.6) is 5.75 Å². The smallest absolute Gasteiger partial charge is 0.495 e. The maximum Gasteiger partial charge on any atom is 0.496 e. The molecule has 0 N–H and O–H groups in total. The Morgan fingerprint density at radius 1 is 1.47 bits per heavy atom. The van der Waals surface area contributed by atoms with E-state index in [1.54, 1.807) is 19.5 Å². The van der Waals surface area contributed by atoms with Crippen molar-refractivity contribution in [3.63, 3.8) is 0 Å². The fraction of sp³-hybridized carbons (Fsp3) is 0.500. The van der Waals surface area contributed by atoms with Gasteiger partial charge in [-0.25, -0.2) is 0 Å². The highest BCUT2D eigenvalue weighted by atomic mass is 16.7. The highest BCUT2D eigenvalue weighted by Gasteiger charge is 2.38. The highest BCUT2D eigenvalue weighted by molar-refractivity contribution is 6.61. The van der Waals surface area contributed by atoms with E-state index in [-0.39, 0.29) is 12.7 Å². The van der Waals surface area contributed by atoms with Crippen LogP contribution >= 0.6 is 0 Å². The van der Waals surface area contributed by atoms with Gasteiger partial charge in [-0.15, -0.1) is 0 Å². The van der Waals surface area contributed by atoms with Crippen LogP contribution in [0.1, 0.15) is 13.8 Å². The van der Waals surface area contributed by atoms with Crippen LogP contribution in [0.4, 0.5) is 0 Å². The van der Waals surface area contributed by atoms with Gasteiger partial charge in [0.15, 0.2) is 0 Å². The van der Waals surface area contributed by atoms with Crippen LogP contribution in [0.15, 0.2) is 18.5 Å². The van der Waals surface area contributed by atoms with E-state index >= 15 is 0 Å². The molecule has 0 amide bonds. The monoisotopic (exact) mass is 207 g/mol. The normalized spacial score (nSPS) is 19.3. The van der Waals surface area contributed by atoms with Gasteiger partial charge in [-0.1, -0.05) is 0 Å². The molecule has 1 aromatic rings. The Kier molecular flexibility index (Phi) is 2.67. The number of hydrogen-bond donors (Lipinski definition) is 0. The number of pyridine rings is 1. The second kappa shape index (κ2) is 3.83. The second-order valence-electron chi connectivity index (χ2n) is 4.18. The van der Waals surface area contributed by atoms with Crippen molar-refractivity contribution in [1.29, 1.82) is 0 Å². The van der Waals surface area contributed by atoms with E-state index in [0.29, 0.717) is 12.4 Å². The van der Waals surface area contributed by atoms with Gasteiger partial charge in [0.2, 0.25) is 0 Å². The first-order chi connectivity index (χ1) is 7.11. The lowest BCUT2D eigenvalue weighted by atomic mass is 9.80. The van der Waals surface area contributed by atoms with Crippen LogP contribution < -0.4 is 10.2 Å². The summed E-state index contributed by atoms with van der Waals surface area (Å²) in [5, 5.41) is 0. The molecule has 0 atom stereocenters. The van der Waals surface area contributed by atoms with Crippen molar-refractivity contribution in [3.8, 4) is 5.75 Å². The zero-order chi connectivity index (χ0) is 10.9. The van der Waals surface area contributed by atoms with Gasteiger partial charge in [-0.3, -0.25) is 4.98 Å². The molecule has 15 heavy (non-hydrogen) atoms. The summed E-state index contributed by atoms with van der Waals surface area (Å²) in [6, 6.07) is 1.87. The van der Waals surface area contributed by atoms with Crippen LogP contribution in [-0.2, 0) is 9.31 Å². The van der Waals surface area contributed by atoms with E-state index in [9.17, 15) is 0 Å². The summed E-state index contributed by atoms with van der Waals surface area (Å²) < 4.78 is 16.3. The predicted octanol–water partition coefficient (Wildman–Crippen LogP) is 0.611. The molecular formula is C10H14BNO3. The van der Waals surface area contributed by atoms with E-state index in [1.165, 1.54) is 0 Å². The molecule has 0 unspecified atom stereocenters. The van der Waals surface area contributed by atoms with Crippen molar-refractivity contribution in [3.05, 3.63) is 18.5 Å². The molecule has 1 aliphatic rings. The van der Waals surface area contributed by atoms with Crippen LogP contribution in [0.2, 0.25) is 0 Å². The third-order valence-corrected chi connectivity index (χ3v) is 2.25. The third kappa shape index (κ3) is 2.30. The Hall–Kier alpha value is -1.07. The number of rotatable bonds is 2. The van der Waals surface area contributed by atoms with Crippen molar-refractivity contribution in [2.75, 3.05) is 13.7 Å². The minimum atomic E-state index is -0.331. The fourth-order valence-electron chi connectivity index (χ4n) is 1.47. The molecule has 1 aromatic heterocycles. The van der Waals surface area contributed by atoms with Crippen molar-refractivity contribution >= 4 is 12.6 Å². The zero-order valence-electron chi connectivity index (χ0n) is 9.19. The summed E-state index contributed by atoms with van der Waals surface area (Å²) in [6.45, 7) is 4.59. The molecule has 1 saturated heterocycles. The average Bonchev–Trinajstić information content (AvgIpc) is 2.59. The van der Waals surface area contributed by atoms with Crippen LogP contribution in [0.25, 0.3) is 0 Å². The van der Waals surface area contributed by atoms with Crippen molar-refractivity contribution in [1.82, 2.24) is 4.98 Å². The Bertz CT molecular complexity index is 356. The first kappa shape index (κ1) is 10.5. The summed E-state index contributed by atoms with van der Waals surface area (Å²) in [5.74, 6) is 0.712. The number of methoxy groups -OCH3 is 1. The van der Waals surface area contributed by atoms with Gasteiger partial charge in [0.25, 0.3) is 0 Å². The summed E-state index contributed by atoms with van der Waals surface area (Å²) in [5.41, 5.74) is 0.660. The van der Waals surface area contributed by atoms with Gasteiger partial charge in [0.05, 0.1) is 25.5 Å². The Morgan fingerprint density at radius 3 is 2.87 bits per heavy atom. The van der Waals surface area contributed by atoms with Crippen LogP contribution in [-0.4, -0.2) is 31.4 Å². The van der Waals surface area contributed by atoms with Gasteiger partial charge >= 0.3 is 7.12 Å². The molecule has 0 saturated carbocycles. The van der Waals surface area contributed by atoms with E-state index in [4.69, 9.17) is 14.0 Å². The molecule has 0 aliphatic carbocycles. The highest BCUT2D eigenvalue weighted by Crippen LogP contribution is 2.19. The average molecular weight is 207 g/mol. The molecule has 80 valence electrons. The number of nitrogens with zero attached hydrogens (tertiary/aromatic N) is 1. The summed E-state index contributed by atoms with van der Waals surface area (Å²) in [4.78, 5) is 4.06. The standard InChI is InChI=1S/C10H14BNO3/c1-10(2)7-14-11(15-10)8-4-9(13-3)6-12-5-8/h4-6H,7H2,1-3H3. The molecule has 1 aliphatic heterocycles. The largest absolute Gasteiger partial charge is 0.496 e. The molecule has 0 radical (unpaired) electrons. The van der Waals surface area contributed by atoms with Gasteiger partial charge in [0.1, 0.15) is 5.75 Å². The maximum absolute atomic E-state index is 5.72. The SMILES string of the molecule is COc1cncc(B2OCC(C)(C)O2)c1. The first-order valence-electron chi connectivity index (χ1n) is 4.89. The topological polar surface area (TPSA) is 40.6 Å². The molecular weight excluding hydrogens is 193 g/mol. The van der Waals surface area contributed by atoms with E-state index in [1.807, 2.05) is 19.9 Å². The molecule has 0 aromatic carbocycles. The Balaban J connectivity index is 2.16. The number of ether oxygens (including phenoxy) is 1. The molecule has 1 fully saturated rings. The summed E-state index contributed by atoms with van der Waals surface area (Å²) >= 11 is 0. The van der Waals surface area contributed by atoms with Gasteiger partial charge < -0.3 is 14.0 Å². The summed E-state index contributed by atoms with van der Waals surface area (Å²) in [7, 11) is 1.28. The van der Waals surface area contributed by atoms with E-state index < -0.39 is 0 Å². The van der Waals surface area contributed by atoms with Crippen LogP contribution in [0, 0.1) is 0 Å². The lowest BCUT2D eigenvalue weighted by Crippen LogP contribution is -2.34. The molecule has 0 bridgehead atoms. The van der Waals surface area contributed by atoms with E-state index in [2.05, 4.69) is 4.98 Å². The minimum absolute atomic E-state index is 0.228. The third-order valence-electron chi connectivity index (χ3n) is 2.25. The minimum Gasteiger partial charge on any atom is -0.495 e. The molecule has 0 spiro atoms. The molecule has 5 heteroatoms. The lowest BCUT2D eigenvalue weighted by Gasteiger charge is -2.15. The molecule has 2 rings (SSSR count). The van der Waals surface area contributed by atoms with Crippen molar-refractivity contribution in [2.45, 2.75) is 19.4 Å². The van der Waals surface area contributed by atoms with Crippen molar-refractivity contribution in [2.24, 2.45) is 0 Å².